The lowest BCUT2D eigenvalue weighted by molar-refractivity contribution is -0.133. The van der Waals surface area contributed by atoms with Gasteiger partial charge in [-0.1, -0.05) is 26.8 Å². The van der Waals surface area contributed by atoms with Crippen LogP contribution in [0.1, 0.15) is 56.4 Å². The van der Waals surface area contributed by atoms with E-state index in [4.69, 9.17) is 0 Å². The van der Waals surface area contributed by atoms with E-state index in [2.05, 4.69) is 24.0 Å². The second-order valence-corrected chi connectivity index (χ2v) is 9.15. The Morgan fingerprint density at radius 2 is 1.87 bits per heavy atom. The molecule has 31 heavy (non-hydrogen) atoms. The molecule has 2 aromatic heterocycles. The number of fused-ring (bicyclic) bond motifs is 1. The van der Waals surface area contributed by atoms with Gasteiger partial charge in [-0.25, -0.2) is 9.36 Å². The third-order valence-corrected chi connectivity index (χ3v) is 6.41. The fraction of sp³-hybridized carbons (Fsp3) is 0.500. The normalized spacial score (nSPS) is 15.2. The number of amides is 1. The number of carbonyl (C=O) groups excluding carboxylic acids is 1. The van der Waals surface area contributed by atoms with E-state index < -0.39 is 0 Å². The van der Waals surface area contributed by atoms with Gasteiger partial charge in [-0.15, -0.1) is 0 Å². The molecule has 1 aliphatic heterocycles. The van der Waals surface area contributed by atoms with Gasteiger partial charge in [0.15, 0.2) is 0 Å². The molecule has 7 nitrogen and oxygen atoms in total. The first kappa shape index (κ1) is 21.3. The molecule has 3 aromatic rings. The number of nitrogens with zero attached hydrogens (tertiary/aromatic N) is 5. The molecule has 1 fully saturated rings. The number of piperidine rings is 1. The number of aromatic nitrogens is 4. The van der Waals surface area contributed by atoms with E-state index in [1.165, 1.54) is 10.2 Å². The zero-order valence-corrected chi connectivity index (χ0v) is 19.1. The van der Waals surface area contributed by atoms with Gasteiger partial charge in [-0.05, 0) is 61.8 Å². The van der Waals surface area contributed by atoms with E-state index >= 15 is 0 Å². The number of rotatable bonds is 4. The van der Waals surface area contributed by atoms with Gasteiger partial charge in [0.05, 0.1) is 17.6 Å². The van der Waals surface area contributed by atoms with Crippen LogP contribution in [0.4, 0.5) is 0 Å². The van der Waals surface area contributed by atoms with Crippen LogP contribution in [0.2, 0.25) is 0 Å². The van der Waals surface area contributed by atoms with Crippen LogP contribution in [0.25, 0.3) is 16.6 Å². The van der Waals surface area contributed by atoms with Crippen LogP contribution in [0.3, 0.4) is 0 Å². The highest BCUT2D eigenvalue weighted by atomic mass is 16.2. The summed E-state index contributed by atoms with van der Waals surface area (Å²) < 4.78 is 3.01. The maximum absolute atomic E-state index is 13.4. The number of benzene rings is 1. The summed E-state index contributed by atoms with van der Waals surface area (Å²) in [5.41, 5.74) is 4.12. The maximum atomic E-state index is 13.4. The van der Waals surface area contributed by atoms with Gasteiger partial charge in [0.2, 0.25) is 5.91 Å². The summed E-state index contributed by atoms with van der Waals surface area (Å²) in [5, 5.41) is 9.86. The summed E-state index contributed by atoms with van der Waals surface area (Å²) in [6.07, 6.45) is 3.72. The van der Waals surface area contributed by atoms with Gasteiger partial charge >= 0.3 is 0 Å². The Bertz CT molecular complexity index is 1180. The van der Waals surface area contributed by atoms with Gasteiger partial charge in [-0.3, -0.25) is 9.59 Å². The van der Waals surface area contributed by atoms with Gasteiger partial charge in [0, 0.05) is 18.5 Å². The van der Waals surface area contributed by atoms with E-state index in [1.54, 1.807) is 10.9 Å². The topological polar surface area (TPSA) is 73.0 Å². The zero-order valence-electron chi connectivity index (χ0n) is 19.1. The number of hydrogen-bond acceptors (Lipinski definition) is 4. The maximum Gasteiger partial charge on any atom is 0.293 e. The molecule has 1 aromatic carbocycles. The molecule has 0 atom stereocenters. The average Bonchev–Trinajstić information content (AvgIpc) is 3.17. The second kappa shape index (κ2) is 8.29. The van der Waals surface area contributed by atoms with Crippen LogP contribution in [-0.4, -0.2) is 43.5 Å². The molecule has 0 unspecified atom stereocenters. The molecule has 0 aliphatic carbocycles. The molecule has 1 saturated heterocycles. The Balaban J connectivity index is 1.79. The first-order valence-corrected chi connectivity index (χ1v) is 11.1. The number of aryl methyl sites for hydroxylation is 2. The molecule has 0 spiro atoms. The van der Waals surface area contributed by atoms with Gasteiger partial charge < -0.3 is 4.90 Å². The molecule has 1 aliphatic rings. The monoisotopic (exact) mass is 421 g/mol. The lowest BCUT2D eigenvalue weighted by Crippen LogP contribution is -2.42. The van der Waals surface area contributed by atoms with E-state index in [-0.39, 0.29) is 23.9 Å². The van der Waals surface area contributed by atoms with Crippen molar-refractivity contribution < 1.29 is 4.79 Å². The summed E-state index contributed by atoms with van der Waals surface area (Å²) in [7, 11) is 0. The quantitative estimate of drug-likeness (QED) is 0.645. The number of carbonyl (C=O) groups is 1. The average molecular weight is 422 g/mol. The Morgan fingerprint density at radius 1 is 1.16 bits per heavy atom. The van der Waals surface area contributed by atoms with E-state index in [1.807, 2.05) is 43.9 Å². The van der Waals surface area contributed by atoms with E-state index in [0.717, 1.165) is 48.3 Å². The van der Waals surface area contributed by atoms with Crippen LogP contribution in [-0.2, 0) is 11.3 Å². The van der Waals surface area contributed by atoms with Crippen molar-refractivity contribution in [2.24, 2.45) is 5.92 Å². The number of likely N-dealkylation sites (tertiary alicyclic amines) is 1. The van der Waals surface area contributed by atoms with Crippen molar-refractivity contribution in [2.75, 3.05) is 13.1 Å². The zero-order chi connectivity index (χ0) is 22.3. The summed E-state index contributed by atoms with van der Waals surface area (Å²) in [6.45, 7) is 11.8. The lowest BCUT2D eigenvalue weighted by Gasteiger charge is -2.30. The Morgan fingerprint density at radius 3 is 2.52 bits per heavy atom. The third kappa shape index (κ3) is 4.01. The summed E-state index contributed by atoms with van der Waals surface area (Å²) in [5.74, 6) is 0.687. The van der Waals surface area contributed by atoms with Gasteiger partial charge in [0.1, 0.15) is 12.1 Å². The Hall–Kier alpha value is -2.96. The van der Waals surface area contributed by atoms with E-state index in [0.29, 0.717) is 11.4 Å². The first-order chi connectivity index (χ1) is 14.8. The lowest BCUT2D eigenvalue weighted by atomic mass is 9.99. The third-order valence-electron chi connectivity index (χ3n) is 6.41. The Kier molecular flexibility index (Phi) is 5.69. The van der Waals surface area contributed by atoms with Gasteiger partial charge in [-0.2, -0.15) is 10.2 Å². The van der Waals surface area contributed by atoms with Crippen LogP contribution >= 0.6 is 0 Å². The van der Waals surface area contributed by atoms with Crippen LogP contribution < -0.4 is 5.56 Å². The minimum Gasteiger partial charge on any atom is -0.341 e. The van der Waals surface area contributed by atoms with Crippen LogP contribution in [0.15, 0.2) is 29.2 Å². The largest absolute Gasteiger partial charge is 0.341 e. The molecule has 4 rings (SSSR count). The molecule has 0 N–H and O–H groups in total. The molecule has 0 bridgehead atoms. The van der Waals surface area contributed by atoms with Crippen LogP contribution in [0.5, 0.6) is 0 Å². The minimum absolute atomic E-state index is 0.0407. The number of hydrogen-bond donors (Lipinski definition) is 0. The van der Waals surface area contributed by atoms with Crippen molar-refractivity contribution in [3.8, 4) is 5.69 Å². The highest BCUT2D eigenvalue weighted by Gasteiger charge is 2.24. The van der Waals surface area contributed by atoms with Crippen molar-refractivity contribution in [3.05, 3.63) is 51.6 Å². The molecule has 0 saturated carbocycles. The summed E-state index contributed by atoms with van der Waals surface area (Å²) >= 11 is 0. The van der Waals surface area contributed by atoms with E-state index in [9.17, 15) is 9.59 Å². The smallest absolute Gasteiger partial charge is 0.293 e. The fourth-order valence-corrected chi connectivity index (χ4v) is 4.17. The molecule has 7 heteroatoms. The molecule has 0 radical (unpaired) electrons. The van der Waals surface area contributed by atoms with Crippen LogP contribution in [0, 0.1) is 19.8 Å². The summed E-state index contributed by atoms with van der Waals surface area (Å²) in [6, 6.07) is 6.03. The van der Waals surface area contributed by atoms with Crippen molar-refractivity contribution in [1.29, 1.82) is 0 Å². The Labute approximate surface area is 182 Å². The molecule has 164 valence electrons. The highest BCUT2D eigenvalue weighted by molar-refractivity contribution is 5.82. The van der Waals surface area contributed by atoms with Crippen molar-refractivity contribution in [3.63, 3.8) is 0 Å². The predicted molar refractivity (Wildman–Crippen MR) is 122 cm³/mol. The first-order valence-electron chi connectivity index (χ1n) is 11.1. The molecule has 1 amide bonds. The van der Waals surface area contributed by atoms with Gasteiger partial charge in [0.25, 0.3) is 5.56 Å². The predicted octanol–water partition coefficient (Wildman–Crippen LogP) is 3.58. The SMILES string of the molecule is Cc1ccc(-n2ncc3c(C(C)C)nn(CC(=O)N4CCC(C)CC4)c(=O)c32)cc1C. The molecular weight excluding hydrogens is 390 g/mol. The van der Waals surface area contributed by atoms with Crippen molar-refractivity contribution in [1.82, 2.24) is 24.5 Å². The molecular formula is C24H31N5O2. The standard InChI is InChI=1S/C24H31N5O2/c1-15(2)22-20-13-25-29(19-7-6-17(4)18(5)12-19)23(20)24(31)28(26-22)14-21(30)27-10-8-16(3)9-11-27/h6-7,12-13,15-16H,8-11,14H2,1-5H3. The molecule has 3 heterocycles. The second-order valence-electron chi connectivity index (χ2n) is 9.15. The minimum atomic E-state index is -0.283. The fourth-order valence-electron chi connectivity index (χ4n) is 4.17. The van der Waals surface area contributed by atoms with Crippen molar-refractivity contribution in [2.45, 2.75) is 59.9 Å². The van der Waals surface area contributed by atoms with Crippen molar-refractivity contribution >= 4 is 16.8 Å². The summed E-state index contributed by atoms with van der Waals surface area (Å²) in [4.78, 5) is 28.2. The highest BCUT2D eigenvalue weighted by Crippen LogP contribution is 2.24.